The molecule has 0 saturated carbocycles. The van der Waals surface area contributed by atoms with Crippen molar-refractivity contribution < 1.29 is 4.79 Å². The van der Waals surface area contributed by atoms with E-state index >= 15 is 0 Å². The van der Waals surface area contributed by atoms with Crippen molar-refractivity contribution in [3.8, 4) is 0 Å². The predicted octanol–water partition coefficient (Wildman–Crippen LogP) is 1.71. The van der Waals surface area contributed by atoms with Gasteiger partial charge in [0.2, 0.25) is 0 Å². The van der Waals surface area contributed by atoms with Crippen molar-refractivity contribution in [3.63, 3.8) is 0 Å². The van der Waals surface area contributed by atoms with Crippen LogP contribution in [0.5, 0.6) is 0 Å². The van der Waals surface area contributed by atoms with E-state index in [0.717, 1.165) is 32.2 Å². The SMILES string of the molecule is C=O.CC(Cc1ccccc1)C(N)CCCCN.CN. The number of hydrogen-bond donors (Lipinski definition) is 3. The largest absolute Gasteiger partial charge is 0.333 e. The summed E-state index contributed by atoms with van der Waals surface area (Å²) in [5, 5.41) is 0. The number of nitrogens with two attached hydrogens (primary N) is 3. The summed E-state index contributed by atoms with van der Waals surface area (Å²) in [6.07, 6.45) is 4.40. The van der Waals surface area contributed by atoms with Gasteiger partial charge in [-0.3, -0.25) is 0 Å². The highest BCUT2D eigenvalue weighted by Gasteiger charge is 2.12. The Morgan fingerprint density at radius 3 is 2.15 bits per heavy atom. The summed E-state index contributed by atoms with van der Waals surface area (Å²) in [7, 11) is 1.50. The van der Waals surface area contributed by atoms with E-state index in [1.54, 1.807) is 0 Å². The molecule has 1 aromatic rings. The first-order valence-corrected chi connectivity index (χ1v) is 7.10. The standard InChI is InChI=1S/C14H24N2.CH5N.CH2O/c1-12(14(16)9-5-6-10-15)11-13-7-3-2-4-8-13;2*1-2/h2-4,7-8,12,14H,5-6,9-11,15-16H2,1H3;2H2,1H3;1H2. The van der Waals surface area contributed by atoms with Crippen LogP contribution in [-0.4, -0.2) is 26.4 Å². The molecule has 0 aliphatic heterocycles. The van der Waals surface area contributed by atoms with E-state index in [-0.39, 0.29) is 0 Å². The Morgan fingerprint density at radius 1 is 1.10 bits per heavy atom. The number of carbonyl (C=O) groups excluding carboxylic acids is 1. The Morgan fingerprint density at radius 2 is 1.65 bits per heavy atom. The van der Waals surface area contributed by atoms with Crippen LogP contribution >= 0.6 is 0 Å². The highest BCUT2D eigenvalue weighted by atomic mass is 16.1. The third kappa shape index (κ3) is 10.7. The number of unbranched alkanes of at least 4 members (excludes halogenated alkanes) is 1. The van der Waals surface area contributed by atoms with Gasteiger partial charge in [-0.2, -0.15) is 0 Å². The Labute approximate surface area is 123 Å². The molecule has 116 valence electrons. The van der Waals surface area contributed by atoms with Gasteiger partial charge in [-0.25, -0.2) is 0 Å². The third-order valence-electron chi connectivity index (χ3n) is 3.12. The van der Waals surface area contributed by atoms with Crippen LogP contribution in [0.25, 0.3) is 0 Å². The minimum absolute atomic E-state index is 0.298. The molecule has 6 N–H and O–H groups in total. The highest BCUT2D eigenvalue weighted by Crippen LogP contribution is 2.14. The van der Waals surface area contributed by atoms with Crippen molar-refractivity contribution in [2.24, 2.45) is 23.1 Å². The first-order valence-electron chi connectivity index (χ1n) is 7.10. The number of benzene rings is 1. The zero-order valence-corrected chi connectivity index (χ0v) is 12.9. The van der Waals surface area contributed by atoms with Crippen LogP contribution in [0.1, 0.15) is 31.7 Å². The Bertz CT molecular complexity index is 293. The fourth-order valence-corrected chi connectivity index (χ4v) is 1.95. The zero-order valence-electron chi connectivity index (χ0n) is 12.9. The van der Waals surface area contributed by atoms with Crippen LogP contribution in [-0.2, 0) is 11.2 Å². The van der Waals surface area contributed by atoms with Gasteiger partial charge in [-0.05, 0) is 44.3 Å². The molecule has 0 bridgehead atoms. The van der Waals surface area contributed by atoms with Gasteiger partial charge in [0, 0.05) is 6.04 Å². The van der Waals surface area contributed by atoms with Gasteiger partial charge in [-0.1, -0.05) is 43.7 Å². The first kappa shape index (κ1) is 21.1. The lowest BCUT2D eigenvalue weighted by Gasteiger charge is -2.19. The second-order valence-corrected chi connectivity index (χ2v) is 4.62. The van der Waals surface area contributed by atoms with Crippen molar-refractivity contribution in [2.45, 2.75) is 38.6 Å². The summed E-state index contributed by atoms with van der Waals surface area (Å²) in [4.78, 5) is 8.00. The summed E-state index contributed by atoms with van der Waals surface area (Å²) >= 11 is 0. The molecule has 4 heteroatoms. The average Bonchev–Trinajstić information content (AvgIpc) is 2.52. The molecule has 4 nitrogen and oxygen atoms in total. The van der Waals surface area contributed by atoms with Crippen LogP contribution in [0.2, 0.25) is 0 Å². The van der Waals surface area contributed by atoms with Gasteiger partial charge in [-0.15, -0.1) is 0 Å². The first-order chi connectivity index (χ1) is 9.74. The Balaban J connectivity index is 0. The van der Waals surface area contributed by atoms with Gasteiger partial charge in [0.05, 0.1) is 0 Å². The molecular formula is C16H31N3O. The van der Waals surface area contributed by atoms with Gasteiger partial charge >= 0.3 is 0 Å². The monoisotopic (exact) mass is 281 g/mol. The molecule has 0 aliphatic carbocycles. The van der Waals surface area contributed by atoms with Crippen LogP contribution in [0.3, 0.4) is 0 Å². The predicted molar refractivity (Wildman–Crippen MR) is 87.4 cm³/mol. The quantitative estimate of drug-likeness (QED) is 0.663. The fraction of sp³-hybridized carbons (Fsp3) is 0.562. The molecule has 0 aromatic heterocycles. The fourth-order valence-electron chi connectivity index (χ4n) is 1.95. The molecule has 2 unspecified atom stereocenters. The van der Waals surface area contributed by atoms with Gasteiger partial charge in [0.25, 0.3) is 0 Å². The molecule has 0 aliphatic rings. The topological polar surface area (TPSA) is 95.1 Å². The maximum absolute atomic E-state index is 8.00. The van der Waals surface area contributed by atoms with E-state index in [2.05, 4.69) is 43.0 Å². The molecule has 0 heterocycles. The van der Waals surface area contributed by atoms with Gasteiger partial charge in [0.15, 0.2) is 0 Å². The molecule has 20 heavy (non-hydrogen) atoms. The van der Waals surface area contributed by atoms with Gasteiger partial charge < -0.3 is 22.0 Å². The van der Waals surface area contributed by atoms with Crippen LogP contribution in [0.15, 0.2) is 30.3 Å². The summed E-state index contributed by atoms with van der Waals surface area (Å²) in [5.74, 6) is 0.542. The molecule has 1 rings (SSSR count). The van der Waals surface area contributed by atoms with E-state index in [0.29, 0.717) is 12.0 Å². The van der Waals surface area contributed by atoms with E-state index in [9.17, 15) is 0 Å². The molecular weight excluding hydrogens is 250 g/mol. The number of carbonyl (C=O) groups is 1. The summed E-state index contributed by atoms with van der Waals surface area (Å²) < 4.78 is 0. The minimum atomic E-state index is 0.298. The van der Waals surface area contributed by atoms with Crippen LogP contribution in [0, 0.1) is 5.92 Å². The highest BCUT2D eigenvalue weighted by molar-refractivity contribution is 5.15. The minimum Gasteiger partial charge on any atom is -0.333 e. The van der Waals surface area contributed by atoms with Crippen LogP contribution in [0.4, 0.5) is 0 Å². The lowest BCUT2D eigenvalue weighted by Crippen LogP contribution is -2.29. The maximum atomic E-state index is 8.00. The summed E-state index contributed by atoms with van der Waals surface area (Å²) in [6, 6.07) is 10.9. The second kappa shape index (κ2) is 15.8. The molecule has 0 fully saturated rings. The number of rotatable bonds is 7. The van der Waals surface area contributed by atoms with E-state index < -0.39 is 0 Å². The lowest BCUT2D eigenvalue weighted by atomic mass is 9.91. The number of hydrogen-bond acceptors (Lipinski definition) is 4. The van der Waals surface area contributed by atoms with Crippen molar-refractivity contribution in [3.05, 3.63) is 35.9 Å². The summed E-state index contributed by atoms with van der Waals surface area (Å²) in [5.41, 5.74) is 17.5. The smallest absolute Gasteiger partial charge is 0.106 e. The second-order valence-electron chi connectivity index (χ2n) is 4.62. The van der Waals surface area contributed by atoms with Crippen molar-refractivity contribution >= 4 is 6.79 Å². The molecule has 1 aromatic carbocycles. The van der Waals surface area contributed by atoms with E-state index in [1.807, 2.05) is 6.79 Å². The van der Waals surface area contributed by atoms with E-state index in [4.69, 9.17) is 16.3 Å². The summed E-state index contributed by atoms with van der Waals surface area (Å²) in [6.45, 7) is 5.01. The molecule has 0 amide bonds. The molecule has 0 spiro atoms. The molecule has 0 saturated heterocycles. The lowest BCUT2D eigenvalue weighted by molar-refractivity contribution is -0.0979. The average molecular weight is 281 g/mol. The maximum Gasteiger partial charge on any atom is 0.106 e. The van der Waals surface area contributed by atoms with Crippen molar-refractivity contribution in [2.75, 3.05) is 13.6 Å². The molecule has 0 radical (unpaired) electrons. The van der Waals surface area contributed by atoms with Crippen LogP contribution < -0.4 is 17.2 Å². The zero-order chi connectivity index (χ0) is 15.8. The third-order valence-corrected chi connectivity index (χ3v) is 3.12. The normalized spacial score (nSPS) is 12.2. The van der Waals surface area contributed by atoms with Crippen molar-refractivity contribution in [1.29, 1.82) is 0 Å². The Hall–Kier alpha value is -1.23. The molecule has 2 atom stereocenters. The van der Waals surface area contributed by atoms with E-state index in [1.165, 1.54) is 12.6 Å². The Kier molecular flexibility index (Phi) is 16.7. The van der Waals surface area contributed by atoms with Gasteiger partial charge in [0.1, 0.15) is 6.79 Å². The van der Waals surface area contributed by atoms with Crippen molar-refractivity contribution in [1.82, 2.24) is 0 Å².